The van der Waals surface area contributed by atoms with Crippen LogP contribution in [0.15, 0.2) is 146 Å². The molecule has 0 spiro atoms. The molecule has 254 valence electrons. The molecular formula is C47H36N4Pt. The first-order chi connectivity index (χ1) is 24.8. The number of nitrogens with zero attached hydrogens (tertiary/aromatic N) is 4. The zero-order valence-electron chi connectivity index (χ0n) is 29.5. The summed E-state index contributed by atoms with van der Waals surface area (Å²) in [6, 6.07) is 53.0. The summed E-state index contributed by atoms with van der Waals surface area (Å²) in [6.07, 6.45) is 1.84. The minimum absolute atomic E-state index is 0. The topological polar surface area (TPSA) is 44.8 Å². The second-order valence-electron chi connectivity index (χ2n) is 14.3. The average molecular weight is 852 g/mol. The van der Waals surface area contributed by atoms with Gasteiger partial charge < -0.3 is 9.55 Å². The number of benzene rings is 5. The number of hydrogen-bond donors (Lipinski definition) is 0. The van der Waals surface area contributed by atoms with Crippen molar-refractivity contribution in [2.75, 3.05) is 0 Å². The van der Waals surface area contributed by atoms with Crippen molar-refractivity contribution in [2.24, 2.45) is 0 Å². The van der Waals surface area contributed by atoms with Crippen LogP contribution in [0.1, 0.15) is 32.0 Å². The van der Waals surface area contributed by atoms with Crippen LogP contribution in [0.3, 0.4) is 0 Å². The number of para-hydroxylation sites is 1. The maximum Gasteiger partial charge on any atom is 2.00 e. The van der Waals surface area contributed by atoms with Crippen LogP contribution in [0.2, 0.25) is 0 Å². The number of pyridine rings is 2. The van der Waals surface area contributed by atoms with Crippen LogP contribution in [0.5, 0.6) is 0 Å². The standard InChI is InChI=1S/C47H36N4.Pt/c1-30-36-16-8-9-18-39(36)45(49-30)51-44-20-11-10-17-38(44)40-23-24-43(50-46(40)51)34-27-32(26-33(28-34)42-19-12-13-25-48-42)41-29-35(47(2,3)4)21-22-37(41)31-14-6-5-7-15-31;/h5-27,29H,1-4H3;/q-2;+2. The van der Waals surface area contributed by atoms with Crippen LogP contribution in [0.4, 0.5) is 0 Å². The predicted octanol–water partition coefficient (Wildman–Crippen LogP) is 11.8. The van der Waals surface area contributed by atoms with E-state index in [2.05, 4.69) is 160 Å². The molecule has 0 fully saturated rings. The molecule has 5 heteroatoms. The van der Waals surface area contributed by atoms with Gasteiger partial charge in [0.2, 0.25) is 0 Å². The minimum Gasteiger partial charge on any atom is -0.439 e. The summed E-state index contributed by atoms with van der Waals surface area (Å²) in [6.45, 7) is 8.88. The molecule has 4 heterocycles. The molecule has 4 aromatic heterocycles. The normalized spacial score (nSPS) is 11.7. The second kappa shape index (κ2) is 13.2. The number of fused-ring (bicyclic) bond motifs is 4. The van der Waals surface area contributed by atoms with Gasteiger partial charge >= 0.3 is 21.1 Å². The van der Waals surface area contributed by atoms with Gasteiger partial charge in [0.25, 0.3) is 0 Å². The molecule has 9 rings (SSSR count). The van der Waals surface area contributed by atoms with Crippen molar-refractivity contribution >= 4 is 32.7 Å². The molecule has 0 aliphatic carbocycles. The number of aromatic nitrogens is 4. The third-order valence-corrected chi connectivity index (χ3v) is 9.93. The Morgan fingerprint density at radius 3 is 2.04 bits per heavy atom. The van der Waals surface area contributed by atoms with Crippen LogP contribution in [0.25, 0.3) is 83.3 Å². The molecule has 0 unspecified atom stereocenters. The molecular weight excluding hydrogens is 816 g/mol. The molecule has 52 heavy (non-hydrogen) atoms. The maximum absolute atomic E-state index is 5.45. The van der Waals surface area contributed by atoms with Gasteiger partial charge in [-0.05, 0) is 68.2 Å². The Kier molecular flexibility index (Phi) is 8.52. The van der Waals surface area contributed by atoms with Crippen molar-refractivity contribution in [3.8, 4) is 50.6 Å². The molecule has 0 aliphatic rings. The number of aryl methyl sites for hydroxylation is 1. The van der Waals surface area contributed by atoms with E-state index in [-0.39, 0.29) is 26.5 Å². The molecule has 4 nitrogen and oxygen atoms in total. The summed E-state index contributed by atoms with van der Waals surface area (Å²) in [5.74, 6) is 0.900. The summed E-state index contributed by atoms with van der Waals surface area (Å²) in [4.78, 5) is 15.3. The Balaban J connectivity index is 0.00000387. The van der Waals surface area contributed by atoms with Gasteiger partial charge in [0.05, 0.1) is 5.65 Å². The molecule has 0 aliphatic heterocycles. The Bertz CT molecular complexity index is 2730. The number of hydrogen-bond acceptors (Lipinski definition) is 2. The molecule has 0 saturated heterocycles. The third-order valence-electron chi connectivity index (χ3n) is 9.93. The first kappa shape index (κ1) is 33.6. The van der Waals surface area contributed by atoms with E-state index in [0.29, 0.717) is 0 Å². The number of rotatable bonds is 5. The summed E-state index contributed by atoms with van der Waals surface area (Å²) in [5.41, 5.74) is 12.4. The van der Waals surface area contributed by atoms with Gasteiger partial charge in [-0.15, -0.1) is 18.2 Å². The first-order valence-corrected chi connectivity index (χ1v) is 17.5. The zero-order chi connectivity index (χ0) is 34.7. The SMILES string of the molecule is Cc1[n-]c(-n2c3ccccc3c3ccc(-c4[c-]c(-c5ccccn5)cc(-c5cc(C(C)(C)C)ccc5-c5ccccc5)c4)nc32)c2ccccc12.[Pt+2]. The van der Waals surface area contributed by atoms with E-state index in [0.717, 1.165) is 72.3 Å². The van der Waals surface area contributed by atoms with Gasteiger partial charge in [0.15, 0.2) is 0 Å². The predicted molar refractivity (Wildman–Crippen MR) is 211 cm³/mol. The van der Waals surface area contributed by atoms with Crippen LogP contribution in [-0.2, 0) is 26.5 Å². The van der Waals surface area contributed by atoms with E-state index in [1.165, 1.54) is 22.3 Å². The molecule has 0 amide bonds. The largest absolute Gasteiger partial charge is 2.00 e. The third kappa shape index (κ3) is 5.78. The smallest absolute Gasteiger partial charge is 0.439 e. The van der Waals surface area contributed by atoms with E-state index < -0.39 is 0 Å². The summed E-state index contributed by atoms with van der Waals surface area (Å²) in [5, 5.41) is 4.50. The van der Waals surface area contributed by atoms with Crippen molar-refractivity contribution in [1.82, 2.24) is 19.5 Å². The van der Waals surface area contributed by atoms with E-state index in [1.807, 2.05) is 24.4 Å². The Morgan fingerprint density at radius 2 is 1.29 bits per heavy atom. The van der Waals surface area contributed by atoms with Gasteiger partial charge in [0.1, 0.15) is 0 Å². The Hall–Kier alpha value is -5.57. The molecule has 9 aromatic rings. The monoisotopic (exact) mass is 851 g/mol. The van der Waals surface area contributed by atoms with E-state index in [4.69, 9.17) is 15.0 Å². The molecule has 0 N–H and O–H groups in total. The van der Waals surface area contributed by atoms with Crippen LogP contribution in [0, 0.1) is 13.0 Å². The van der Waals surface area contributed by atoms with Gasteiger partial charge in [0, 0.05) is 23.0 Å². The van der Waals surface area contributed by atoms with Crippen molar-refractivity contribution in [2.45, 2.75) is 33.1 Å². The minimum atomic E-state index is -0.0190. The average Bonchev–Trinajstić information content (AvgIpc) is 3.68. The van der Waals surface area contributed by atoms with E-state index >= 15 is 0 Å². The van der Waals surface area contributed by atoms with E-state index in [1.54, 1.807) is 0 Å². The zero-order valence-corrected chi connectivity index (χ0v) is 31.7. The second-order valence-corrected chi connectivity index (χ2v) is 14.3. The summed E-state index contributed by atoms with van der Waals surface area (Å²) in [7, 11) is 0. The first-order valence-electron chi connectivity index (χ1n) is 17.5. The maximum atomic E-state index is 5.45. The van der Waals surface area contributed by atoms with Crippen LogP contribution >= 0.6 is 0 Å². The van der Waals surface area contributed by atoms with Crippen molar-refractivity contribution in [3.63, 3.8) is 0 Å². The van der Waals surface area contributed by atoms with E-state index in [9.17, 15) is 0 Å². The van der Waals surface area contributed by atoms with Gasteiger partial charge in [-0.25, -0.2) is 0 Å². The fourth-order valence-electron chi connectivity index (χ4n) is 7.29. The molecule has 0 atom stereocenters. The van der Waals surface area contributed by atoms with Crippen molar-refractivity contribution in [1.29, 1.82) is 0 Å². The van der Waals surface area contributed by atoms with Crippen LogP contribution in [-0.4, -0.2) is 14.5 Å². The molecule has 5 aromatic carbocycles. The van der Waals surface area contributed by atoms with Gasteiger partial charge in [-0.3, -0.25) is 9.97 Å². The van der Waals surface area contributed by atoms with Gasteiger partial charge in [-0.2, -0.15) is 0 Å². The fourth-order valence-corrected chi connectivity index (χ4v) is 7.29. The molecule has 0 radical (unpaired) electrons. The van der Waals surface area contributed by atoms with Gasteiger partial charge in [-0.1, -0.05) is 164 Å². The Labute approximate surface area is 318 Å². The molecule has 0 bridgehead atoms. The summed E-state index contributed by atoms with van der Waals surface area (Å²) < 4.78 is 2.23. The Morgan fingerprint density at radius 1 is 0.596 bits per heavy atom. The van der Waals surface area contributed by atoms with Crippen molar-refractivity contribution < 1.29 is 21.1 Å². The quantitative estimate of drug-likeness (QED) is 0.162. The summed E-state index contributed by atoms with van der Waals surface area (Å²) >= 11 is 0. The van der Waals surface area contributed by atoms with Crippen molar-refractivity contribution in [3.05, 3.63) is 163 Å². The van der Waals surface area contributed by atoms with Crippen LogP contribution < -0.4 is 4.98 Å². The fraction of sp³-hybridized carbons (Fsp3) is 0.106. The molecule has 0 saturated carbocycles.